The molecule has 1 fully saturated rings. The fourth-order valence-corrected chi connectivity index (χ4v) is 3.46. The second-order valence-corrected chi connectivity index (χ2v) is 6.60. The lowest BCUT2D eigenvalue weighted by molar-refractivity contribution is -0.115. The predicted octanol–water partition coefficient (Wildman–Crippen LogP) is 2.34. The fraction of sp³-hybridized carbons (Fsp3) is 0.500. The molecule has 3 rings (SSSR count). The van der Waals surface area contributed by atoms with Crippen molar-refractivity contribution in [3.8, 4) is 0 Å². The third-order valence-electron chi connectivity index (χ3n) is 2.90. The van der Waals surface area contributed by atoms with Crippen LogP contribution in [-0.4, -0.2) is 27.7 Å². The van der Waals surface area contributed by atoms with Gasteiger partial charge < -0.3 is 10.1 Å². The quantitative estimate of drug-likeness (QED) is 0.938. The highest BCUT2D eigenvalue weighted by Gasteiger charge is 2.22. The number of anilines is 1. The highest BCUT2D eigenvalue weighted by molar-refractivity contribution is 7.15. The Morgan fingerprint density at radius 1 is 1.55 bits per heavy atom. The lowest BCUT2D eigenvalue weighted by Gasteiger charge is -2.02. The third kappa shape index (κ3) is 3.20. The molecule has 1 N–H and O–H groups in total. The molecule has 0 spiro atoms. The Labute approximate surface area is 124 Å². The molecular weight excluding hydrogens is 296 g/mol. The van der Waals surface area contributed by atoms with Gasteiger partial charge in [0, 0.05) is 12.0 Å². The zero-order valence-electron chi connectivity index (χ0n) is 11.0. The van der Waals surface area contributed by atoms with Gasteiger partial charge in [0.1, 0.15) is 11.1 Å². The third-order valence-corrected chi connectivity index (χ3v) is 4.65. The van der Waals surface area contributed by atoms with E-state index in [1.54, 1.807) is 11.3 Å². The van der Waals surface area contributed by atoms with Crippen LogP contribution in [0.1, 0.15) is 34.7 Å². The van der Waals surface area contributed by atoms with Crippen LogP contribution in [0.3, 0.4) is 0 Å². The van der Waals surface area contributed by atoms with Crippen molar-refractivity contribution >= 4 is 33.7 Å². The molecule has 1 saturated heterocycles. The zero-order chi connectivity index (χ0) is 13.9. The molecule has 1 aliphatic heterocycles. The summed E-state index contributed by atoms with van der Waals surface area (Å²) in [5, 5.41) is 15.0. The molecule has 8 heteroatoms. The number of nitrogens with zero attached hydrogens (tertiary/aromatic N) is 3. The Morgan fingerprint density at radius 2 is 2.45 bits per heavy atom. The predicted molar refractivity (Wildman–Crippen MR) is 77.0 cm³/mol. The standard InChI is InChI=1S/C12H14N4O2S2/c1-7-13-8(6-19-7)5-10(17)14-12-16-15-11(20-12)9-3-2-4-18-9/h6,9H,2-5H2,1H3,(H,14,16,17)/t9-/m1/s1. The summed E-state index contributed by atoms with van der Waals surface area (Å²) in [6, 6.07) is 0. The maximum Gasteiger partial charge on any atom is 0.232 e. The van der Waals surface area contributed by atoms with E-state index in [1.807, 2.05) is 12.3 Å². The summed E-state index contributed by atoms with van der Waals surface area (Å²) in [6.45, 7) is 2.69. The average molecular weight is 310 g/mol. The van der Waals surface area contributed by atoms with Crippen LogP contribution in [0.25, 0.3) is 0 Å². The smallest absolute Gasteiger partial charge is 0.232 e. The van der Waals surface area contributed by atoms with Crippen LogP contribution in [0.2, 0.25) is 0 Å². The number of ether oxygens (including phenoxy) is 1. The van der Waals surface area contributed by atoms with Gasteiger partial charge in [0.05, 0.1) is 17.1 Å². The van der Waals surface area contributed by atoms with Crippen LogP contribution in [0.5, 0.6) is 0 Å². The molecule has 0 aromatic carbocycles. The lowest BCUT2D eigenvalue weighted by atomic mass is 10.2. The van der Waals surface area contributed by atoms with Gasteiger partial charge in [-0.05, 0) is 19.8 Å². The molecule has 0 aliphatic carbocycles. The van der Waals surface area contributed by atoms with Gasteiger partial charge >= 0.3 is 0 Å². The van der Waals surface area contributed by atoms with Gasteiger partial charge in [-0.15, -0.1) is 21.5 Å². The minimum absolute atomic E-state index is 0.0411. The molecule has 2 aromatic heterocycles. The monoisotopic (exact) mass is 310 g/mol. The van der Waals surface area contributed by atoms with Crippen molar-refractivity contribution in [2.45, 2.75) is 32.3 Å². The maximum atomic E-state index is 11.9. The molecule has 1 aliphatic rings. The molecule has 106 valence electrons. The minimum Gasteiger partial charge on any atom is -0.371 e. The van der Waals surface area contributed by atoms with Gasteiger partial charge in [-0.25, -0.2) is 4.98 Å². The lowest BCUT2D eigenvalue weighted by Crippen LogP contribution is -2.14. The average Bonchev–Trinajstić information content (AvgIpc) is 3.10. The fourth-order valence-electron chi connectivity index (χ4n) is 2.01. The number of carbonyl (C=O) groups excluding carboxylic acids is 1. The second kappa shape index (κ2) is 5.94. The molecule has 1 amide bonds. The Kier molecular flexibility index (Phi) is 4.04. The molecule has 0 saturated carbocycles. The van der Waals surface area contributed by atoms with E-state index in [1.165, 1.54) is 11.3 Å². The van der Waals surface area contributed by atoms with Crippen LogP contribution in [-0.2, 0) is 16.0 Å². The van der Waals surface area contributed by atoms with Crippen molar-refractivity contribution in [3.63, 3.8) is 0 Å². The van der Waals surface area contributed by atoms with Crippen LogP contribution >= 0.6 is 22.7 Å². The molecule has 0 bridgehead atoms. The molecular formula is C12H14N4O2S2. The van der Waals surface area contributed by atoms with E-state index < -0.39 is 0 Å². The number of thiazole rings is 1. The van der Waals surface area contributed by atoms with Gasteiger partial charge in [-0.3, -0.25) is 4.79 Å². The van der Waals surface area contributed by atoms with E-state index in [9.17, 15) is 4.79 Å². The van der Waals surface area contributed by atoms with Gasteiger partial charge in [0.25, 0.3) is 0 Å². The van der Waals surface area contributed by atoms with Crippen molar-refractivity contribution in [2.24, 2.45) is 0 Å². The number of amides is 1. The van der Waals surface area contributed by atoms with E-state index in [0.29, 0.717) is 5.13 Å². The topological polar surface area (TPSA) is 77.0 Å². The second-order valence-electron chi connectivity index (χ2n) is 4.53. The summed E-state index contributed by atoms with van der Waals surface area (Å²) in [5.41, 5.74) is 0.786. The van der Waals surface area contributed by atoms with Crippen molar-refractivity contribution in [3.05, 3.63) is 21.1 Å². The summed E-state index contributed by atoms with van der Waals surface area (Å²) < 4.78 is 5.54. The number of hydrogen-bond acceptors (Lipinski definition) is 7. The van der Waals surface area contributed by atoms with E-state index in [0.717, 1.165) is 35.2 Å². The Hall–Kier alpha value is -1.38. The SMILES string of the molecule is Cc1nc(CC(=O)Nc2nnc([C@H]3CCCO3)s2)cs1. The molecule has 6 nitrogen and oxygen atoms in total. The van der Waals surface area contributed by atoms with Gasteiger partial charge in [0.2, 0.25) is 11.0 Å². The Balaban J connectivity index is 1.58. The molecule has 2 aromatic rings. The van der Waals surface area contributed by atoms with Crippen LogP contribution in [0, 0.1) is 6.92 Å². The van der Waals surface area contributed by atoms with Gasteiger partial charge in [-0.2, -0.15) is 0 Å². The van der Waals surface area contributed by atoms with Crippen LogP contribution in [0.4, 0.5) is 5.13 Å². The first-order valence-electron chi connectivity index (χ1n) is 6.36. The highest BCUT2D eigenvalue weighted by Crippen LogP contribution is 2.31. The van der Waals surface area contributed by atoms with Gasteiger partial charge in [-0.1, -0.05) is 11.3 Å². The molecule has 20 heavy (non-hydrogen) atoms. The largest absolute Gasteiger partial charge is 0.371 e. The molecule has 1 atom stereocenters. The number of aromatic nitrogens is 3. The number of nitrogens with one attached hydrogen (secondary N) is 1. The summed E-state index contributed by atoms with van der Waals surface area (Å²) in [4.78, 5) is 16.1. The Bertz CT molecular complexity index is 604. The first kappa shape index (κ1) is 13.6. The zero-order valence-corrected chi connectivity index (χ0v) is 12.6. The van der Waals surface area contributed by atoms with Crippen molar-refractivity contribution < 1.29 is 9.53 Å². The van der Waals surface area contributed by atoms with Crippen LogP contribution in [0.15, 0.2) is 5.38 Å². The maximum absolute atomic E-state index is 11.9. The first-order chi connectivity index (χ1) is 9.70. The highest BCUT2D eigenvalue weighted by atomic mass is 32.1. The number of carbonyl (C=O) groups is 1. The van der Waals surface area contributed by atoms with Crippen molar-refractivity contribution in [1.29, 1.82) is 0 Å². The normalized spacial score (nSPS) is 18.4. The molecule has 3 heterocycles. The van der Waals surface area contributed by atoms with E-state index in [4.69, 9.17) is 4.74 Å². The van der Waals surface area contributed by atoms with E-state index in [-0.39, 0.29) is 18.4 Å². The van der Waals surface area contributed by atoms with Crippen LogP contribution < -0.4 is 5.32 Å². The molecule has 0 radical (unpaired) electrons. The van der Waals surface area contributed by atoms with E-state index >= 15 is 0 Å². The summed E-state index contributed by atoms with van der Waals surface area (Å²) >= 11 is 2.92. The molecule has 0 unspecified atom stereocenters. The van der Waals surface area contributed by atoms with Crippen molar-refractivity contribution in [2.75, 3.05) is 11.9 Å². The summed E-state index contributed by atoms with van der Waals surface area (Å²) in [6.07, 6.45) is 2.33. The van der Waals surface area contributed by atoms with Crippen molar-refractivity contribution in [1.82, 2.24) is 15.2 Å². The Morgan fingerprint density at radius 3 is 3.15 bits per heavy atom. The number of hydrogen-bond donors (Lipinski definition) is 1. The van der Waals surface area contributed by atoms with E-state index in [2.05, 4.69) is 20.5 Å². The minimum atomic E-state index is -0.120. The van der Waals surface area contributed by atoms with Gasteiger partial charge in [0.15, 0.2) is 0 Å². The summed E-state index contributed by atoms with van der Waals surface area (Å²) in [7, 11) is 0. The summed E-state index contributed by atoms with van der Waals surface area (Å²) in [5.74, 6) is -0.120. The number of rotatable bonds is 4. The first-order valence-corrected chi connectivity index (χ1v) is 8.06. The number of aryl methyl sites for hydroxylation is 1.